The predicted octanol–water partition coefficient (Wildman–Crippen LogP) is 1.57. The van der Waals surface area contributed by atoms with Gasteiger partial charge in [-0.2, -0.15) is 0 Å². The lowest BCUT2D eigenvalue weighted by Gasteiger charge is -2.04. The number of aryl methyl sites for hydroxylation is 1. The second-order valence-corrected chi connectivity index (χ2v) is 2.98. The number of amides is 1. The van der Waals surface area contributed by atoms with Crippen LogP contribution in [0, 0.1) is 6.92 Å². The molecule has 0 aliphatic rings. The lowest BCUT2D eigenvalue weighted by Crippen LogP contribution is -2.09. The molecule has 0 bridgehead atoms. The van der Waals surface area contributed by atoms with Crippen LogP contribution < -0.4 is 5.32 Å². The van der Waals surface area contributed by atoms with Crippen LogP contribution in [-0.4, -0.2) is 17.0 Å². The summed E-state index contributed by atoms with van der Waals surface area (Å²) in [4.78, 5) is 21.4. The molecule has 1 aromatic rings. The van der Waals surface area contributed by atoms with Gasteiger partial charge in [-0.3, -0.25) is 4.79 Å². The van der Waals surface area contributed by atoms with Crippen molar-refractivity contribution in [1.29, 1.82) is 0 Å². The van der Waals surface area contributed by atoms with Crippen LogP contribution in [0.2, 0.25) is 0 Å². The Balaban J connectivity index is 2.67. The maximum absolute atomic E-state index is 11.2. The molecule has 4 nitrogen and oxygen atoms in total. The summed E-state index contributed by atoms with van der Waals surface area (Å²) in [5, 5.41) is 10.9. The van der Waals surface area contributed by atoms with Gasteiger partial charge in [0.15, 0.2) is 0 Å². The van der Waals surface area contributed by atoms with Gasteiger partial charge in [-0.15, -0.1) is 0 Å². The van der Waals surface area contributed by atoms with Crippen LogP contribution in [0.25, 0.3) is 0 Å². The largest absolute Gasteiger partial charge is 0.478 e. The lowest BCUT2D eigenvalue weighted by molar-refractivity contribution is -0.131. The van der Waals surface area contributed by atoms with E-state index in [1.165, 1.54) is 0 Å². The molecule has 1 rings (SSSR count). The van der Waals surface area contributed by atoms with Gasteiger partial charge in [0, 0.05) is 17.8 Å². The highest BCUT2D eigenvalue weighted by Crippen LogP contribution is 2.12. The van der Waals surface area contributed by atoms with E-state index in [1.54, 1.807) is 12.1 Å². The molecule has 0 heterocycles. The summed E-state index contributed by atoms with van der Waals surface area (Å²) in [6.45, 7) is 1.86. The van der Waals surface area contributed by atoms with Crippen LogP contribution in [0.5, 0.6) is 0 Å². The van der Waals surface area contributed by atoms with Gasteiger partial charge in [0.05, 0.1) is 0 Å². The van der Waals surface area contributed by atoms with E-state index in [4.69, 9.17) is 5.11 Å². The minimum atomic E-state index is -1.14. The Bertz CT molecular complexity index is 410. The van der Waals surface area contributed by atoms with Crippen molar-refractivity contribution < 1.29 is 14.7 Å². The highest BCUT2D eigenvalue weighted by Gasteiger charge is 2.00. The first-order valence-corrected chi connectivity index (χ1v) is 4.37. The molecule has 0 spiro atoms. The molecule has 4 heteroatoms. The Hall–Kier alpha value is -2.10. The summed E-state index contributed by atoms with van der Waals surface area (Å²) in [7, 11) is 0. The van der Waals surface area contributed by atoms with Crippen molar-refractivity contribution in [3.63, 3.8) is 0 Å². The van der Waals surface area contributed by atoms with Crippen molar-refractivity contribution in [3.8, 4) is 0 Å². The summed E-state index contributed by atoms with van der Waals surface area (Å²) in [5.74, 6) is -1.60. The molecule has 0 aliphatic carbocycles. The number of carboxylic acid groups (broad SMARTS) is 1. The molecule has 78 valence electrons. The Morgan fingerprint density at radius 1 is 1.27 bits per heavy atom. The number of carbonyl (C=O) groups is 2. The summed E-state index contributed by atoms with van der Waals surface area (Å²) < 4.78 is 0. The molecule has 0 aromatic heterocycles. The van der Waals surface area contributed by atoms with Crippen molar-refractivity contribution in [2.24, 2.45) is 0 Å². The molecule has 0 fully saturated rings. The lowest BCUT2D eigenvalue weighted by atomic mass is 10.2. The molecular weight excluding hydrogens is 194 g/mol. The zero-order valence-electron chi connectivity index (χ0n) is 8.23. The molecule has 1 aromatic carbocycles. The second kappa shape index (κ2) is 4.95. The SMILES string of the molecule is Cc1ccccc1NC(=O)C=CC(=O)O. The van der Waals surface area contributed by atoms with Crippen LogP contribution in [-0.2, 0) is 9.59 Å². The minimum absolute atomic E-state index is 0.452. The quantitative estimate of drug-likeness (QED) is 0.736. The number of para-hydroxylation sites is 1. The third-order valence-electron chi connectivity index (χ3n) is 1.78. The number of hydrogen-bond acceptors (Lipinski definition) is 2. The van der Waals surface area contributed by atoms with E-state index in [0.29, 0.717) is 5.69 Å². The molecule has 15 heavy (non-hydrogen) atoms. The first-order chi connectivity index (χ1) is 7.09. The molecule has 0 aliphatic heterocycles. The second-order valence-electron chi connectivity index (χ2n) is 2.98. The topological polar surface area (TPSA) is 66.4 Å². The molecule has 2 N–H and O–H groups in total. The maximum Gasteiger partial charge on any atom is 0.328 e. The fourth-order valence-electron chi connectivity index (χ4n) is 1.03. The van der Waals surface area contributed by atoms with Crippen LogP contribution in [0.4, 0.5) is 5.69 Å². The third-order valence-corrected chi connectivity index (χ3v) is 1.78. The number of anilines is 1. The standard InChI is InChI=1S/C11H11NO3/c1-8-4-2-3-5-9(8)12-10(13)6-7-11(14)15/h2-7H,1H3,(H,12,13)(H,14,15). The summed E-state index contributed by atoms with van der Waals surface area (Å²) in [6, 6.07) is 7.26. The van der Waals surface area contributed by atoms with E-state index in [2.05, 4.69) is 5.32 Å². The normalized spacial score (nSPS) is 10.2. The zero-order valence-corrected chi connectivity index (χ0v) is 8.23. The minimum Gasteiger partial charge on any atom is -0.478 e. The molecule has 0 radical (unpaired) electrons. The number of rotatable bonds is 3. The Morgan fingerprint density at radius 2 is 1.93 bits per heavy atom. The molecule has 0 saturated carbocycles. The van der Waals surface area contributed by atoms with Crippen molar-refractivity contribution in [3.05, 3.63) is 42.0 Å². The smallest absolute Gasteiger partial charge is 0.328 e. The third kappa shape index (κ3) is 3.64. The van der Waals surface area contributed by atoms with E-state index >= 15 is 0 Å². The van der Waals surface area contributed by atoms with E-state index < -0.39 is 11.9 Å². The molecular formula is C11H11NO3. The number of carboxylic acids is 1. The predicted molar refractivity (Wildman–Crippen MR) is 56.6 cm³/mol. The Morgan fingerprint density at radius 3 is 2.53 bits per heavy atom. The van der Waals surface area contributed by atoms with Crippen molar-refractivity contribution >= 4 is 17.6 Å². The monoisotopic (exact) mass is 205 g/mol. The fraction of sp³-hybridized carbons (Fsp3) is 0.0909. The van der Waals surface area contributed by atoms with Crippen LogP contribution in [0.3, 0.4) is 0 Å². The Labute approximate surface area is 87.2 Å². The van der Waals surface area contributed by atoms with Gasteiger partial charge in [0.1, 0.15) is 0 Å². The molecule has 0 unspecified atom stereocenters. The van der Waals surface area contributed by atoms with Crippen molar-refractivity contribution in [2.45, 2.75) is 6.92 Å². The summed E-state index contributed by atoms with van der Waals surface area (Å²) in [6.07, 6.45) is 1.78. The average Bonchev–Trinajstić information content (AvgIpc) is 2.18. The Kier molecular flexibility index (Phi) is 3.62. The maximum atomic E-state index is 11.2. The summed E-state index contributed by atoms with van der Waals surface area (Å²) >= 11 is 0. The van der Waals surface area contributed by atoms with Gasteiger partial charge in [-0.1, -0.05) is 18.2 Å². The molecule has 1 amide bonds. The van der Waals surface area contributed by atoms with E-state index in [1.807, 2.05) is 19.1 Å². The van der Waals surface area contributed by atoms with Gasteiger partial charge in [-0.25, -0.2) is 4.79 Å². The average molecular weight is 205 g/mol. The number of aliphatic carboxylic acids is 1. The van der Waals surface area contributed by atoms with Gasteiger partial charge >= 0.3 is 5.97 Å². The first-order valence-electron chi connectivity index (χ1n) is 4.37. The fourth-order valence-corrected chi connectivity index (χ4v) is 1.03. The van der Waals surface area contributed by atoms with Gasteiger partial charge in [0.2, 0.25) is 5.91 Å². The first kappa shape index (κ1) is 11.0. The van der Waals surface area contributed by atoms with E-state index in [-0.39, 0.29) is 0 Å². The highest BCUT2D eigenvalue weighted by atomic mass is 16.4. The molecule has 0 saturated heterocycles. The van der Waals surface area contributed by atoms with Crippen LogP contribution in [0.1, 0.15) is 5.56 Å². The van der Waals surface area contributed by atoms with Crippen molar-refractivity contribution in [1.82, 2.24) is 0 Å². The van der Waals surface area contributed by atoms with Crippen LogP contribution >= 0.6 is 0 Å². The van der Waals surface area contributed by atoms with E-state index in [0.717, 1.165) is 17.7 Å². The zero-order chi connectivity index (χ0) is 11.3. The molecule has 0 atom stereocenters. The highest BCUT2D eigenvalue weighted by molar-refractivity contribution is 6.02. The number of carbonyl (C=O) groups excluding carboxylic acids is 1. The van der Waals surface area contributed by atoms with Crippen molar-refractivity contribution in [2.75, 3.05) is 5.32 Å². The number of nitrogens with one attached hydrogen (secondary N) is 1. The van der Waals surface area contributed by atoms with E-state index in [9.17, 15) is 9.59 Å². The number of benzene rings is 1. The van der Waals surface area contributed by atoms with Gasteiger partial charge in [0.25, 0.3) is 0 Å². The summed E-state index contributed by atoms with van der Waals surface area (Å²) in [5.41, 5.74) is 1.60. The van der Waals surface area contributed by atoms with Gasteiger partial charge < -0.3 is 10.4 Å². The van der Waals surface area contributed by atoms with Crippen LogP contribution in [0.15, 0.2) is 36.4 Å². The number of hydrogen-bond donors (Lipinski definition) is 2. The van der Waals surface area contributed by atoms with Gasteiger partial charge in [-0.05, 0) is 18.6 Å².